The number of hydrogen-bond donors (Lipinski definition) is 3. The highest BCUT2D eigenvalue weighted by molar-refractivity contribution is 7.98. The average molecular weight is 345 g/mol. The molecular weight excluding hydrogens is 326 g/mol. The lowest BCUT2D eigenvalue weighted by atomic mass is 10.1. The van der Waals surface area contributed by atoms with E-state index < -0.39 is 0 Å². The van der Waals surface area contributed by atoms with E-state index in [-0.39, 0.29) is 24.3 Å². The molecule has 3 rings (SSSR count). The number of benzene rings is 1. The zero-order valence-electron chi connectivity index (χ0n) is 13.3. The Morgan fingerprint density at radius 2 is 2.21 bits per heavy atom. The summed E-state index contributed by atoms with van der Waals surface area (Å²) in [6.07, 6.45) is 3.42. The molecule has 1 aliphatic heterocycles. The van der Waals surface area contributed by atoms with Gasteiger partial charge in [0, 0.05) is 12.8 Å². The minimum Gasteiger partial charge on any atom is -0.341 e. The molecule has 126 valence electrons. The summed E-state index contributed by atoms with van der Waals surface area (Å²) in [5.41, 5.74) is 4.51. The van der Waals surface area contributed by atoms with Crippen molar-refractivity contribution in [3.63, 3.8) is 0 Å². The van der Waals surface area contributed by atoms with Gasteiger partial charge in [-0.2, -0.15) is 16.9 Å². The highest BCUT2D eigenvalue weighted by atomic mass is 32.2. The quantitative estimate of drug-likeness (QED) is 0.742. The van der Waals surface area contributed by atoms with Gasteiger partial charge in [-0.05, 0) is 30.6 Å². The molecule has 24 heavy (non-hydrogen) atoms. The molecule has 2 heterocycles. The van der Waals surface area contributed by atoms with Crippen LogP contribution in [0.2, 0.25) is 0 Å². The fraction of sp³-hybridized carbons (Fsp3) is 0.375. The van der Waals surface area contributed by atoms with Gasteiger partial charge in [0.2, 0.25) is 5.91 Å². The summed E-state index contributed by atoms with van der Waals surface area (Å²) in [5, 5.41) is 6.83. The molecule has 2 amide bonds. The molecule has 3 N–H and O–H groups in total. The van der Waals surface area contributed by atoms with E-state index in [0.717, 1.165) is 29.0 Å². The second kappa shape index (κ2) is 7.48. The molecule has 1 atom stereocenters. The number of carbonyl (C=O) groups excluding carboxylic acids is 2. The number of imidazole rings is 1. The van der Waals surface area contributed by atoms with Crippen LogP contribution in [0.3, 0.4) is 0 Å². The summed E-state index contributed by atoms with van der Waals surface area (Å²) in [4.78, 5) is 31.4. The number of hydrazone groups is 1. The van der Waals surface area contributed by atoms with Gasteiger partial charge in [0.25, 0.3) is 5.91 Å². The Kier molecular flexibility index (Phi) is 5.14. The van der Waals surface area contributed by atoms with E-state index in [1.165, 1.54) is 0 Å². The van der Waals surface area contributed by atoms with Crippen molar-refractivity contribution in [2.75, 3.05) is 12.0 Å². The number of nitrogens with zero attached hydrogens (tertiary/aromatic N) is 2. The molecule has 0 bridgehead atoms. The maximum atomic E-state index is 12.4. The number of fused-ring (bicyclic) bond motifs is 1. The van der Waals surface area contributed by atoms with E-state index in [1.807, 2.05) is 30.5 Å². The fourth-order valence-electron chi connectivity index (χ4n) is 2.53. The van der Waals surface area contributed by atoms with Gasteiger partial charge < -0.3 is 10.3 Å². The van der Waals surface area contributed by atoms with Crippen molar-refractivity contribution >= 4 is 40.3 Å². The normalized spacial score (nSPS) is 15.7. The molecule has 0 saturated heterocycles. The smallest absolute Gasteiger partial charge is 0.268 e. The van der Waals surface area contributed by atoms with Crippen LogP contribution >= 0.6 is 11.8 Å². The van der Waals surface area contributed by atoms with E-state index in [1.54, 1.807) is 11.8 Å². The Morgan fingerprint density at radius 1 is 1.38 bits per heavy atom. The molecular formula is C16H19N5O2S. The third-order valence-electron chi connectivity index (χ3n) is 3.82. The summed E-state index contributed by atoms with van der Waals surface area (Å²) < 4.78 is 0. The second-order valence-corrected chi connectivity index (χ2v) is 6.53. The van der Waals surface area contributed by atoms with E-state index in [9.17, 15) is 9.59 Å². The van der Waals surface area contributed by atoms with Crippen LogP contribution in [0.4, 0.5) is 0 Å². The SMILES string of the molecule is CSCC[C@@H](NC(=O)C1=NNC(=O)CC1)c1nc2ccccc2[nH]1. The number of para-hydroxylation sites is 2. The lowest BCUT2D eigenvalue weighted by Gasteiger charge is -2.18. The molecule has 0 spiro atoms. The first-order valence-electron chi connectivity index (χ1n) is 7.77. The Labute approximate surface area is 143 Å². The second-order valence-electron chi connectivity index (χ2n) is 5.54. The van der Waals surface area contributed by atoms with Crippen LogP contribution in [0.1, 0.15) is 31.1 Å². The van der Waals surface area contributed by atoms with Crippen molar-refractivity contribution in [1.82, 2.24) is 20.7 Å². The minimum absolute atomic E-state index is 0.164. The number of aromatic nitrogens is 2. The number of aromatic amines is 1. The van der Waals surface area contributed by atoms with Gasteiger partial charge in [-0.1, -0.05) is 12.1 Å². The number of H-pyrrole nitrogens is 1. The predicted octanol–water partition coefficient (Wildman–Crippen LogP) is 1.74. The van der Waals surface area contributed by atoms with Crippen LogP contribution in [-0.2, 0) is 9.59 Å². The van der Waals surface area contributed by atoms with Crippen LogP contribution < -0.4 is 10.7 Å². The molecule has 0 radical (unpaired) electrons. The van der Waals surface area contributed by atoms with Crippen LogP contribution in [0.15, 0.2) is 29.4 Å². The predicted molar refractivity (Wildman–Crippen MR) is 94.8 cm³/mol. The maximum absolute atomic E-state index is 12.4. The summed E-state index contributed by atoms with van der Waals surface area (Å²) in [5.74, 6) is 1.20. The molecule has 0 fully saturated rings. The van der Waals surface area contributed by atoms with Gasteiger partial charge in [-0.3, -0.25) is 9.59 Å². The molecule has 7 nitrogen and oxygen atoms in total. The molecule has 8 heteroatoms. The third-order valence-corrected chi connectivity index (χ3v) is 4.46. The Balaban J connectivity index is 1.78. The fourth-order valence-corrected chi connectivity index (χ4v) is 3.00. The number of thioether (sulfide) groups is 1. The van der Waals surface area contributed by atoms with E-state index in [0.29, 0.717) is 12.1 Å². The molecule has 1 aliphatic rings. The van der Waals surface area contributed by atoms with Gasteiger partial charge in [0.1, 0.15) is 11.5 Å². The lowest BCUT2D eigenvalue weighted by Crippen LogP contribution is -2.39. The summed E-state index contributed by atoms with van der Waals surface area (Å²) >= 11 is 1.71. The van der Waals surface area contributed by atoms with E-state index >= 15 is 0 Å². The Hall–Kier alpha value is -2.35. The summed E-state index contributed by atoms with van der Waals surface area (Å²) in [6.45, 7) is 0. The van der Waals surface area contributed by atoms with Gasteiger partial charge in [-0.25, -0.2) is 10.4 Å². The average Bonchev–Trinajstić information content (AvgIpc) is 3.03. The van der Waals surface area contributed by atoms with Crippen molar-refractivity contribution in [2.45, 2.75) is 25.3 Å². The summed E-state index contributed by atoms with van der Waals surface area (Å²) in [7, 11) is 0. The monoisotopic (exact) mass is 345 g/mol. The highest BCUT2D eigenvalue weighted by Crippen LogP contribution is 2.20. The van der Waals surface area contributed by atoms with Gasteiger partial charge in [-0.15, -0.1) is 0 Å². The molecule has 2 aromatic rings. The summed E-state index contributed by atoms with van der Waals surface area (Å²) in [6, 6.07) is 7.54. The van der Waals surface area contributed by atoms with Crippen molar-refractivity contribution < 1.29 is 9.59 Å². The van der Waals surface area contributed by atoms with Gasteiger partial charge >= 0.3 is 0 Å². The number of nitrogens with one attached hydrogen (secondary N) is 3. The zero-order valence-corrected chi connectivity index (χ0v) is 14.2. The van der Waals surface area contributed by atoms with Crippen LogP contribution in [-0.4, -0.2) is 39.5 Å². The molecule has 1 aromatic heterocycles. The van der Waals surface area contributed by atoms with Crippen molar-refractivity contribution in [1.29, 1.82) is 0 Å². The van der Waals surface area contributed by atoms with Crippen LogP contribution in [0, 0.1) is 0 Å². The molecule has 0 saturated carbocycles. The zero-order chi connectivity index (χ0) is 16.9. The van der Waals surface area contributed by atoms with Crippen LogP contribution in [0.25, 0.3) is 11.0 Å². The first-order valence-corrected chi connectivity index (χ1v) is 9.16. The maximum Gasteiger partial charge on any atom is 0.268 e. The van der Waals surface area contributed by atoms with E-state index in [4.69, 9.17) is 0 Å². The Morgan fingerprint density at radius 3 is 2.92 bits per heavy atom. The van der Waals surface area contributed by atoms with Gasteiger partial charge in [0.15, 0.2) is 0 Å². The molecule has 0 unspecified atom stereocenters. The number of carbonyl (C=O) groups is 2. The highest BCUT2D eigenvalue weighted by Gasteiger charge is 2.23. The Bertz CT molecular complexity index is 753. The van der Waals surface area contributed by atoms with Crippen molar-refractivity contribution in [3.05, 3.63) is 30.1 Å². The number of rotatable bonds is 6. The van der Waals surface area contributed by atoms with Gasteiger partial charge in [0.05, 0.1) is 17.1 Å². The lowest BCUT2D eigenvalue weighted by molar-refractivity contribution is -0.121. The van der Waals surface area contributed by atoms with Crippen molar-refractivity contribution in [2.24, 2.45) is 5.10 Å². The van der Waals surface area contributed by atoms with Crippen molar-refractivity contribution in [3.8, 4) is 0 Å². The first-order chi connectivity index (χ1) is 11.7. The topological polar surface area (TPSA) is 99.2 Å². The number of amides is 2. The van der Waals surface area contributed by atoms with E-state index in [2.05, 4.69) is 25.8 Å². The third kappa shape index (κ3) is 3.76. The van der Waals surface area contributed by atoms with Crippen LogP contribution in [0.5, 0.6) is 0 Å². The minimum atomic E-state index is -0.262. The first kappa shape index (κ1) is 16.5. The molecule has 1 aromatic carbocycles. The standard InChI is InChI=1S/C16H19N5O2S/c1-24-9-8-12(15-17-10-4-2-3-5-11(10)18-15)19-16(23)13-6-7-14(22)21-20-13/h2-5,12H,6-9H2,1H3,(H,17,18)(H,19,23)(H,21,22)/t12-/m1/s1. The largest absolute Gasteiger partial charge is 0.341 e. The number of hydrogen-bond acceptors (Lipinski definition) is 5. The molecule has 0 aliphatic carbocycles.